The van der Waals surface area contributed by atoms with E-state index in [1.807, 2.05) is 31.3 Å². The van der Waals surface area contributed by atoms with E-state index in [4.69, 9.17) is 5.73 Å². The molecule has 2 rings (SSSR count). The zero-order valence-electron chi connectivity index (χ0n) is 13.5. The molecular formula is C15H27Cl2N5O. The minimum absolute atomic E-state index is 0. The van der Waals surface area contributed by atoms with E-state index >= 15 is 0 Å². The average molecular weight is 364 g/mol. The number of carbonyl (C=O) groups excluding carboxylic acids is 1. The maximum absolute atomic E-state index is 11.9. The van der Waals surface area contributed by atoms with Gasteiger partial charge >= 0.3 is 0 Å². The summed E-state index contributed by atoms with van der Waals surface area (Å²) in [5.41, 5.74) is 5.54. The number of anilines is 1. The monoisotopic (exact) mass is 363 g/mol. The number of hydrogen-bond acceptors (Lipinski definition) is 5. The summed E-state index contributed by atoms with van der Waals surface area (Å²) in [6, 6.07) is 5.95. The van der Waals surface area contributed by atoms with Gasteiger partial charge in [0, 0.05) is 38.9 Å². The highest BCUT2D eigenvalue weighted by Gasteiger charge is 2.19. The normalized spacial score (nSPS) is 16.0. The van der Waals surface area contributed by atoms with Crippen molar-refractivity contribution in [1.82, 2.24) is 15.2 Å². The van der Waals surface area contributed by atoms with Crippen LogP contribution in [0.5, 0.6) is 0 Å². The Morgan fingerprint density at radius 1 is 1.30 bits per heavy atom. The lowest BCUT2D eigenvalue weighted by atomic mass is 10.2. The summed E-state index contributed by atoms with van der Waals surface area (Å²) in [6.07, 6.45) is 1.81. The summed E-state index contributed by atoms with van der Waals surface area (Å²) < 4.78 is 0. The standard InChI is InChI=1S/C15H25N5O.2ClH/c1-13(10-16)11-18-15(21)12-19-6-8-20(9-7-19)14-4-2-3-5-17-14;;/h2-5,13H,6-12,16H2,1H3,(H,18,21);2*1H. The molecule has 23 heavy (non-hydrogen) atoms. The molecule has 1 saturated heterocycles. The highest BCUT2D eigenvalue weighted by atomic mass is 35.5. The molecule has 0 bridgehead atoms. The first kappa shape index (κ1) is 21.9. The highest BCUT2D eigenvalue weighted by molar-refractivity contribution is 5.85. The molecule has 1 aromatic rings. The van der Waals surface area contributed by atoms with Crippen LogP contribution < -0.4 is 16.0 Å². The maximum atomic E-state index is 11.9. The average Bonchev–Trinajstić information content (AvgIpc) is 2.54. The molecular weight excluding hydrogens is 337 g/mol. The van der Waals surface area contributed by atoms with E-state index in [0.717, 1.165) is 32.0 Å². The third-order valence-corrected chi connectivity index (χ3v) is 3.76. The number of amides is 1. The van der Waals surface area contributed by atoms with E-state index in [0.29, 0.717) is 25.6 Å². The maximum Gasteiger partial charge on any atom is 0.234 e. The van der Waals surface area contributed by atoms with E-state index in [2.05, 4.69) is 20.1 Å². The van der Waals surface area contributed by atoms with Gasteiger partial charge in [-0.15, -0.1) is 24.8 Å². The van der Waals surface area contributed by atoms with Gasteiger partial charge in [-0.1, -0.05) is 13.0 Å². The van der Waals surface area contributed by atoms with Gasteiger partial charge in [0.2, 0.25) is 5.91 Å². The first-order valence-electron chi connectivity index (χ1n) is 7.54. The molecule has 1 unspecified atom stereocenters. The molecule has 0 aromatic carbocycles. The van der Waals surface area contributed by atoms with Crippen molar-refractivity contribution >= 4 is 36.5 Å². The largest absolute Gasteiger partial charge is 0.355 e. The molecule has 6 nitrogen and oxygen atoms in total. The van der Waals surface area contributed by atoms with Crippen molar-refractivity contribution in [2.45, 2.75) is 6.92 Å². The van der Waals surface area contributed by atoms with Crippen molar-refractivity contribution in [3.05, 3.63) is 24.4 Å². The summed E-state index contributed by atoms with van der Waals surface area (Å²) in [5, 5.41) is 2.94. The third kappa shape index (κ3) is 7.35. The molecule has 0 spiro atoms. The second-order valence-corrected chi connectivity index (χ2v) is 5.60. The molecule has 132 valence electrons. The number of pyridine rings is 1. The molecule has 0 radical (unpaired) electrons. The first-order chi connectivity index (χ1) is 10.2. The number of nitrogens with one attached hydrogen (secondary N) is 1. The number of aromatic nitrogens is 1. The van der Waals surface area contributed by atoms with E-state index in [1.165, 1.54) is 0 Å². The number of hydrogen-bond donors (Lipinski definition) is 2. The highest BCUT2D eigenvalue weighted by Crippen LogP contribution is 2.12. The molecule has 0 saturated carbocycles. The minimum atomic E-state index is 0. The minimum Gasteiger partial charge on any atom is -0.355 e. The Morgan fingerprint density at radius 2 is 2.00 bits per heavy atom. The van der Waals surface area contributed by atoms with Gasteiger partial charge in [-0.2, -0.15) is 0 Å². The second-order valence-electron chi connectivity index (χ2n) is 5.60. The van der Waals surface area contributed by atoms with Crippen molar-refractivity contribution in [2.75, 3.05) is 50.7 Å². The molecule has 1 aliphatic heterocycles. The number of nitrogens with zero attached hydrogens (tertiary/aromatic N) is 3. The molecule has 1 amide bonds. The van der Waals surface area contributed by atoms with Gasteiger partial charge in [0.25, 0.3) is 0 Å². The Labute approximate surface area is 150 Å². The van der Waals surface area contributed by atoms with Crippen LogP contribution >= 0.6 is 24.8 Å². The lowest BCUT2D eigenvalue weighted by Gasteiger charge is -2.35. The van der Waals surface area contributed by atoms with E-state index < -0.39 is 0 Å². The van der Waals surface area contributed by atoms with Gasteiger partial charge in [-0.05, 0) is 24.6 Å². The Bertz CT molecular complexity index is 441. The SMILES string of the molecule is CC(CN)CNC(=O)CN1CCN(c2ccccn2)CC1.Cl.Cl. The molecule has 2 heterocycles. The van der Waals surface area contributed by atoms with Crippen LogP contribution in [-0.2, 0) is 4.79 Å². The van der Waals surface area contributed by atoms with Gasteiger partial charge in [-0.3, -0.25) is 9.69 Å². The Balaban J connectivity index is 0.00000242. The molecule has 3 N–H and O–H groups in total. The molecule has 8 heteroatoms. The van der Waals surface area contributed by atoms with Crippen LogP contribution in [0, 0.1) is 5.92 Å². The quantitative estimate of drug-likeness (QED) is 0.780. The molecule has 0 aliphatic carbocycles. The molecule has 1 aliphatic rings. The van der Waals surface area contributed by atoms with E-state index in [9.17, 15) is 4.79 Å². The summed E-state index contributed by atoms with van der Waals surface area (Å²) in [5.74, 6) is 1.43. The molecule has 1 aromatic heterocycles. The van der Waals surface area contributed by atoms with Crippen LogP contribution in [-0.4, -0.2) is 61.6 Å². The second kappa shape index (κ2) is 11.5. The molecule has 1 fully saturated rings. The molecule has 1 atom stereocenters. The number of rotatable bonds is 6. The van der Waals surface area contributed by atoms with E-state index in [1.54, 1.807) is 0 Å². The topological polar surface area (TPSA) is 74.5 Å². The van der Waals surface area contributed by atoms with Gasteiger partial charge in [0.1, 0.15) is 5.82 Å². The third-order valence-electron chi connectivity index (χ3n) is 3.76. The van der Waals surface area contributed by atoms with Crippen LogP contribution in [0.3, 0.4) is 0 Å². The predicted molar refractivity (Wildman–Crippen MR) is 98.6 cm³/mol. The van der Waals surface area contributed by atoms with E-state index in [-0.39, 0.29) is 30.7 Å². The van der Waals surface area contributed by atoms with Crippen molar-refractivity contribution < 1.29 is 4.79 Å². The van der Waals surface area contributed by atoms with Crippen LogP contribution in [0.15, 0.2) is 24.4 Å². The number of carbonyl (C=O) groups is 1. The fourth-order valence-corrected chi connectivity index (χ4v) is 2.31. The van der Waals surface area contributed by atoms with Crippen molar-refractivity contribution in [2.24, 2.45) is 11.7 Å². The number of piperazine rings is 1. The van der Waals surface area contributed by atoms with Crippen LogP contribution in [0.25, 0.3) is 0 Å². The lowest BCUT2D eigenvalue weighted by Crippen LogP contribution is -2.50. The van der Waals surface area contributed by atoms with Crippen molar-refractivity contribution in [1.29, 1.82) is 0 Å². The first-order valence-corrected chi connectivity index (χ1v) is 7.54. The van der Waals surface area contributed by atoms with Gasteiger partial charge in [0.15, 0.2) is 0 Å². The number of nitrogens with two attached hydrogens (primary N) is 1. The number of halogens is 2. The zero-order valence-corrected chi connectivity index (χ0v) is 15.1. The van der Waals surface area contributed by atoms with Crippen molar-refractivity contribution in [3.8, 4) is 0 Å². The Morgan fingerprint density at radius 3 is 2.57 bits per heavy atom. The summed E-state index contributed by atoms with van der Waals surface area (Å²) in [7, 11) is 0. The van der Waals surface area contributed by atoms with Gasteiger partial charge in [0.05, 0.1) is 6.54 Å². The van der Waals surface area contributed by atoms with Crippen molar-refractivity contribution in [3.63, 3.8) is 0 Å². The summed E-state index contributed by atoms with van der Waals surface area (Å²) >= 11 is 0. The van der Waals surface area contributed by atoms with Crippen LogP contribution in [0.2, 0.25) is 0 Å². The summed E-state index contributed by atoms with van der Waals surface area (Å²) in [4.78, 5) is 20.7. The van der Waals surface area contributed by atoms with Gasteiger partial charge < -0.3 is 16.0 Å². The van der Waals surface area contributed by atoms with Crippen LogP contribution in [0.1, 0.15) is 6.92 Å². The predicted octanol–water partition coefficient (Wildman–Crippen LogP) is 0.758. The van der Waals surface area contributed by atoms with Crippen LogP contribution in [0.4, 0.5) is 5.82 Å². The fraction of sp³-hybridized carbons (Fsp3) is 0.600. The Kier molecular flexibility index (Phi) is 10.9. The Hall–Kier alpha value is -1.08. The fourth-order valence-electron chi connectivity index (χ4n) is 2.31. The smallest absolute Gasteiger partial charge is 0.234 e. The van der Waals surface area contributed by atoms with Gasteiger partial charge in [-0.25, -0.2) is 4.98 Å². The summed E-state index contributed by atoms with van der Waals surface area (Å²) in [6.45, 7) is 7.34. The zero-order chi connectivity index (χ0) is 15.1. The lowest BCUT2D eigenvalue weighted by molar-refractivity contribution is -0.122.